The molecule has 108 valence electrons. The first-order valence-corrected chi connectivity index (χ1v) is 7.08. The van der Waals surface area contributed by atoms with Gasteiger partial charge in [0.15, 0.2) is 17.9 Å². The van der Waals surface area contributed by atoms with Crippen LogP contribution < -0.4 is 10.5 Å². The van der Waals surface area contributed by atoms with E-state index in [4.69, 9.17) is 49.7 Å². The average Bonchev–Trinajstić information content (AvgIpc) is 2.79. The molecule has 1 heterocycles. The first-order valence-electron chi connectivity index (χ1n) is 5.95. The van der Waals surface area contributed by atoms with Gasteiger partial charge in [0, 0.05) is 10.7 Å². The highest BCUT2D eigenvalue weighted by Gasteiger charge is 2.12. The standard InChI is InChI=1S/C14H9Cl3N2O2/c15-7-3-9(16)14(10(17)4-7)20-6-13-19-11-5-8(18)1-2-12(11)21-13/h1-5H,6,18H2. The zero-order valence-electron chi connectivity index (χ0n) is 10.6. The maximum Gasteiger partial charge on any atom is 0.233 e. The minimum Gasteiger partial charge on any atom is -0.481 e. The Morgan fingerprint density at radius 1 is 1.10 bits per heavy atom. The van der Waals surface area contributed by atoms with Crippen LogP contribution in [0.25, 0.3) is 11.1 Å². The van der Waals surface area contributed by atoms with Crippen LogP contribution in [0.5, 0.6) is 5.75 Å². The van der Waals surface area contributed by atoms with E-state index in [9.17, 15) is 0 Å². The predicted molar refractivity (Wildman–Crippen MR) is 84.2 cm³/mol. The van der Waals surface area contributed by atoms with Gasteiger partial charge >= 0.3 is 0 Å². The fourth-order valence-electron chi connectivity index (χ4n) is 1.85. The molecule has 0 aliphatic heterocycles. The number of anilines is 1. The van der Waals surface area contributed by atoms with Crippen LogP contribution in [-0.4, -0.2) is 4.98 Å². The Morgan fingerprint density at radius 2 is 1.81 bits per heavy atom. The Hall–Kier alpha value is -1.62. The molecule has 0 fully saturated rings. The molecular weight excluding hydrogens is 335 g/mol. The van der Waals surface area contributed by atoms with E-state index in [1.165, 1.54) is 0 Å². The molecule has 2 N–H and O–H groups in total. The molecule has 4 nitrogen and oxygen atoms in total. The normalized spacial score (nSPS) is 11.0. The van der Waals surface area contributed by atoms with Crippen LogP contribution in [0.1, 0.15) is 5.89 Å². The van der Waals surface area contributed by atoms with Gasteiger partial charge in [-0.15, -0.1) is 0 Å². The summed E-state index contributed by atoms with van der Waals surface area (Å²) in [6, 6.07) is 8.33. The van der Waals surface area contributed by atoms with Crippen molar-refractivity contribution >= 4 is 51.6 Å². The highest BCUT2D eigenvalue weighted by atomic mass is 35.5. The molecule has 21 heavy (non-hydrogen) atoms. The molecule has 0 radical (unpaired) electrons. The van der Waals surface area contributed by atoms with Gasteiger partial charge in [0.05, 0.1) is 10.0 Å². The minimum absolute atomic E-state index is 0.0929. The van der Waals surface area contributed by atoms with Gasteiger partial charge in [-0.3, -0.25) is 0 Å². The molecule has 0 aliphatic rings. The molecule has 0 bridgehead atoms. The van der Waals surface area contributed by atoms with E-state index in [-0.39, 0.29) is 6.61 Å². The monoisotopic (exact) mass is 342 g/mol. The number of aromatic nitrogens is 1. The largest absolute Gasteiger partial charge is 0.481 e. The third kappa shape index (κ3) is 3.02. The smallest absolute Gasteiger partial charge is 0.233 e. The lowest BCUT2D eigenvalue weighted by Crippen LogP contribution is -1.96. The Bertz CT molecular complexity index is 794. The van der Waals surface area contributed by atoms with Gasteiger partial charge in [-0.1, -0.05) is 34.8 Å². The second-order valence-corrected chi connectivity index (χ2v) is 5.57. The van der Waals surface area contributed by atoms with Crippen molar-refractivity contribution in [2.24, 2.45) is 0 Å². The van der Waals surface area contributed by atoms with E-state index in [0.717, 1.165) is 0 Å². The summed E-state index contributed by atoms with van der Waals surface area (Å²) < 4.78 is 11.1. The predicted octanol–water partition coefficient (Wildman–Crippen LogP) is 4.95. The lowest BCUT2D eigenvalue weighted by Gasteiger charge is -2.08. The van der Waals surface area contributed by atoms with Gasteiger partial charge in [0.2, 0.25) is 5.89 Å². The number of hydrogen-bond acceptors (Lipinski definition) is 4. The van der Waals surface area contributed by atoms with Crippen LogP contribution in [0, 0.1) is 0 Å². The van der Waals surface area contributed by atoms with E-state index in [1.54, 1.807) is 30.3 Å². The summed E-state index contributed by atoms with van der Waals surface area (Å²) in [4.78, 5) is 4.28. The molecule has 2 aromatic carbocycles. The van der Waals surface area contributed by atoms with Crippen molar-refractivity contribution < 1.29 is 9.15 Å². The Balaban J connectivity index is 1.83. The van der Waals surface area contributed by atoms with Crippen molar-refractivity contribution in [1.82, 2.24) is 4.98 Å². The summed E-state index contributed by atoms with van der Waals surface area (Å²) in [6.07, 6.45) is 0. The zero-order valence-corrected chi connectivity index (χ0v) is 12.8. The topological polar surface area (TPSA) is 61.3 Å². The Kier molecular flexibility index (Phi) is 3.85. The van der Waals surface area contributed by atoms with Crippen molar-refractivity contribution in [2.75, 3.05) is 5.73 Å². The van der Waals surface area contributed by atoms with Gasteiger partial charge in [0.1, 0.15) is 5.52 Å². The van der Waals surface area contributed by atoms with Crippen LogP contribution >= 0.6 is 34.8 Å². The maximum atomic E-state index is 6.04. The molecule has 0 saturated heterocycles. The number of benzene rings is 2. The molecule has 0 aliphatic carbocycles. The van der Waals surface area contributed by atoms with Crippen LogP contribution in [0.2, 0.25) is 15.1 Å². The molecule has 0 spiro atoms. The SMILES string of the molecule is Nc1ccc2oc(COc3c(Cl)cc(Cl)cc3Cl)nc2c1. The quantitative estimate of drug-likeness (QED) is 0.684. The number of nitrogens with zero attached hydrogens (tertiary/aromatic N) is 1. The average molecular weight is 344 g/mol. The van der Waals surface area contributed by atoms with Crippen molar-refractivity contribution in [3.8, 4) is 5.75 Å². The molecule has 0 saturated carbocycles. The summed E-state index contributed by atoms with van der Waals surface area (Å²) in [7, 11) is 0. The number of oxazole rings is 1. The number of rotatable bonds is 3. The zero-order chi connectivity index (χ0) is 15.0. The number of fused-ring (bicyclic) bond motifs is 1. The Morgan fingerprint density at radius 3 is 2.52 bits per heavy atom. The first kappa shape index (κ1) is 14.3. The number of halogens is 3. The molecule has 3 rings (SSSR count). The number of hydrogen-bond donors (Lipinski definition) is 1. The summed E-state index contributed by atoms with van der Waals surface area (Å²) in [5.41, 5.74) is 7.61. The lowest BCUT2D eigenvalue weighted by atomic mass is 10.3. The van der Waals surface area contributed by atoms with Crippen LogP contribution in [0.3, 0.4) is 0 Å². The summed E-state index contributed by atoms with van der Waals surface area (Å²) >= 11 is 17.9. The van der Waals surface area contributed by atoms with Crippen LogP contribution in [-0.2, 0) is 6.61 Å². The summed E-state index contributed by atoms with van der Waals surface area (Å²) in [6.45, 7) is 0.0929. The third-order valence-electron chi connectivity index (χ3n) is 2.76. The fraction of sp³-hybridized carbons (Fsp3) is 0.0714. The van der Waals surface area contributed by atoms with Gasteiger partial charge < -0.3 is 14.9 Å². The van der Waals surface area contributed by atoms with Crippen molar-refractivity contribution in [3.05, 3.63) is 51.3 Å². The Labute approximate surface area is 135 Å². The molecule has 0 atom stereocenters. The maximum absolute atomic E-state index is 6.04. The third-order valence-corrected chi connectivity index (χ3v) is 3.54. The summed E-state index contributed by atoms with van der Waals surface area (Å²) in [5.74, 6) is 0.738. The highest BCUT2D eigenvalue weighted by Crippen LogP contribution is 2.36. The molecule has 0 unspecified atom stereocenters. The van der Waals surface area contributed by atoms with E-state index in [2.05, 4.69) is 4.98 Å². The van der Waals surface area contributed by atoms with Crippen molar-refractivity contribution in [1.29, 1.82) is 0 Å². The molecule has 0 amide bonds. The van der Waals surface area contributed by atoms with Crippen LogP contribution in [0.4, 0.5) is 5.69 Å². The molecular formula is C14H9Cl3N2O2. The van der Waals surface area contributed by atoms with Gasteiger partial charge in [-0.2, -0.15) is 0 Å². The number of nitrogens with two attached hydrogens (primary N) is 1. The molecule has 1 aromatic heterocycles. The van der Waals surface area contributed by atoms with Crippen LogP contribution in [0.15, 0.2) is 34.7 Å². The van der Waals surface area contributed by atoms with E-state index in [0.29, 0.717) is 43.5 Å². The van der Waals surface area contributed by atoms with Gasteiger partial charge in [-0.05, 0) is 30.3 Å². The van der Waals surface area contributed by atoms with Crippen molar-refractivity contribution in [3.63, 3.8) is 0 Å². The minimum atomic E-state index is 0.0929. The van der Waals surface area contributed by atoms with E-state index in [1.807, 2.05) is 0 Å². The highest BCUT2D eigenvalue weighted by molar-refractivity contribution is 6.40. The van der Waals surface area contributed by atoms with E-state index < -0.39 is 0 Å². The van der Waals surface area contributed by atoms with E-state index >= 15 is 0 Å². The number of nitrogen functional groups attached to an aromatic ring is 1. The number of ether oxygens (including phenoxy) is 1. The van der Waals surface area contributed by atoms with Crippen molar-refractivity contribution in [2.45, 2.75) is 6.61 Å². The van der Waals surface area contributed by atoms with Gasteiger partial charge in [0.25, 0.3) is 0 Å². The first-order chi connectivity index (χ1) is 10.0. The second-order valence-electron chi connectivity index (χ2n) is 4.32. The molecule has 7 heteroatoms. The fourth-order valence-corrected chi connectivity index (χ4v) is 2.78. The molecule has 3 aromatic rings. The van der Waals surface area contributed by atoms with Gasteiger partial charge in [-0.25, -0.2) is 4.98 Å². The second kappa shape index (κ2) is 5.64. The summed E-state index contributed by atoms with van der Waals surface area (Å²) in [5, 5.41) is 1.09. The lowest BCUT2D eigenvalue weighted by molar-refractivity contribution is 0.267.